The molecule has 0 aliphatic heterocycles. The predicted octanol–water partition coefficient (Wildman–Crippen LogP) is 1.23. The minimum atomic E-state index is -0.180. The first-order valence-corrected chi connectivity index (χ1v) is 8.65. The molecule has 24 heavy (non-hydrogen) atoms. The summed E-state index contributed by atoms with van der Waals surface area (Å²) in [4.78, 5) is 11.2. The number of aryl methyl sites for hydroxylation is 4. The molecule has 2 aromatic rings. The van der Waals surface area contributed by atoms with Crippen molar-refractivity contribution in [3.63, 3.8) is 0 Å². The van der Waals surface area contributed by atoms with Gasteiger partial charge in [-0.3, -0.25) is 5.32 Å². The normalized spacial score (nSPS) is 12.6. The molecule has 0 saturated heterocycles. The van der Waals surface area contributed by atoms with Crippen LogP contribution in [0.25, 0.3) is 0 Å². The Labute approximate surface area is 146 Å². The van der Waals surface area contributed by atoms with Gasteiger partial charge in [0, 0.05) is 13.1 Å². The highest BCUT2D eigenvalue weighted by Gasteiger charge is 2.19. The van der Waals surface area contributed by atoms with Crippen LogP contribution in [0.15, 0.2) is 5.16 Å². The van der Waals surface area contributed by atoms with Gasteiger partial charge < -0.3 is 4.90 Å². The van der Waals surface area contributed by atoms with E-state index in [1.807, 2.05) is 41.8 Å². The number of nitrogens with zero attached hydrogens (tertiary/aromatic N) is 7. The van der Waals surface area contributed by atoms with Crippen LogP contribution in [0, 0.1) is 27.7 Å². The molecular weight excluding hydrogens is 324 g/mol. The molecule has 0 aromatic carbocycles. The molecule has 1 atom stereocenters. The first kappa shape index (κ1) is 18.6. The summed E-state index contributed by atoms with van der Waals surface area (Å²) < 4.78 is 0. The second-order valence-electron chi connectivity index (χ2n) is 5.86. The average Bonchev–Trinajstić information content (AvgIpc) is 2.52. The minimum absolute atomic E-state index is 0.180. The van der Waals surface area contributed by atoms with E-state index in [0.29, 0.717) is 11.0 Å². The SMILES string of the molecule is Cc1nnc(SC(NCCN(C)C)c2nnc(C)c(C)n2)nc1C. The van der Waals surface area contributed by atoms with Gasteiger partial charge in [-0.15, -0.1) is 10.2 Å². The Hall–Kier alpha value is -1.71. The zero-order valence-corrected chi connectivity index (χ0v) is 15.8. The lowest BCUT2D eigenvalue weighted by Crippen LogP contribution is -2.30. The van der Waals surface area contributed by atoms with Crippen molar-refractivity contribution in [1.29, 1.82) is 0 Å². The Morgan fingerprint density at radius 2 is 1.50 bits per heavy atom. The van der Waals surface area contributed by atoms with E-state index in [0.717, 1.165) is 35.9 Å². The van der Waals surface area contributed by atoms with Gasteiger partial charge in [0.15, 0.2) is 5.82 Å². The van der Waals surface area contributed by atoms with E-state index in [9.17, 15) is 0 Å². The molecule has 0 saturated carbocycles. The first-order chi connectivity index (χ1) is 11.4. The van der Waals surface area contributed by atoms with Crippen LogP contribution in [0.3, 0.4) is 0 Å². The Morgan fingerprint density at radius 3 is 2.08 bits per heavy atom. The van der Waals surface area contributed by atoms with Gasteiger partial charge in [-0.1, -0.05) is 11.8 Å². The summed E-state index contributed by atoms with van der Waals surface area (Å²) >= 11 is 1.45. The van der Waals surface area contributed by atoms with Crippen molar-refractivity contribution in [2.24, 2.45) is 0 Å². The van der Waals surface area contributed by atoms with Gasteiger partial charge >= 0.3 is 0 Å². The van der Waals surface area contributed by atoms with Crippen LogP contribution in [0.2, 0.25) is 0 Å². The molecule has 0 aliphatic rings. The zero-order valence-electron chi connectivity index (χ0n) is 15.0. The van der Waals surface area contributed by atoms with Crippen molar-refractivity contribution in [3.8, 4) is 0 Å². The maximum absolute atomic E-state index is 4.56. The molecule has 9 heteroatoms. The van der Waals surface area contributed by atoms with Gasteiger partial charge in [0.25, 0.3) is 0 Å². The van der Waals surface area contributed by atoms with Crippen LogP contribution < -0.4 is 5.32 Å². The van der Waals surface area contributed by atoms with Gasteiger partial charge in [0.2, 0.25) is 5.16 Å². The Kier molecular flexibility index (Phi) is 6.52. The Balaban J connectivity index is 2.20. The second kappa shape index (κ2) is 8.41. The van der Waals surface area contributed by atoms with E-state index < -0.39 is 0 Å². The first-order valence-electron chi connectivity index (χ1n) is 7.77. The third-order valence-corrected chi connectivity index (χ3v) is 4.52. The summed E-state index contributed by atoms with van der Waals surface area (Å²) in [5, 5.41) is 20.6. The van der Waals surface area contributed by atoms with Gasteiger partial charge in [-0.2, -0.15) is 10.2 Å². The molecule has 8 nitrogen and oxygen atoms in total. The summed E-state index contributed by atoms with van der Waals surface area (Å²) in [6.45, 7) is 9.35. The molecule has 130 valence electrons. The molecule has 0 fully saturated rings. The topological polar surface area (TPSA) is 92.6 Å². The third-order valence-electron chi connectivity index (χ3n) is 3.53. The zero-order chi connectivity index (χ0) is 17.7. The second-order valence-corrected chi connectivity index (χ2v) is 6.93. The minimum Gasteiger partial charge on any atom is -0.308 e. The van der Waals surface area contributed by atoms with E-state index in [1.165, 1.54) is 11.8 Å². The van der Waals surface area contributed by atoms with Crippen molar-refractivity contribution in [1.82, 2.24) is 40.6 Å². The lowest BCUT2D eigenvalue weighted by atomic mass is 10.4. The molecule has 0 radical (unpaired) electrons. The van der Waals surface area contributed by atoms with Crippen LogP contribution >= 0.6 is 11.8 Å². The van der Waals surface area contributed by atoms with Crippen molar-refractivity contribution >= 4 is 11.8 Å². The van der Waals surface area contributed by atoms with E-state index in [-0.39, 0.29) is 5.37 Å². The largest absolute Gasteiger partial charge is 0.308 e. The molecule has 2 heterocycles. The average molecular weight is 348 g/mol. The van der Waals surface area contributed by atoms with Gasteiger partial charge in [0.1, 0.15) is 5.37 Å². The molecule has 0 amide bonds. The van der Waals surface area contributed by atoms with Crippen LogP contribution in [0.5, 0.6) is 0 Å². The van der Waals surface area contributed by atoms with E-state index >= 15 is 0 Å². The molecule has 1 N–H and O–H groups in total. The number of rotatable bonds is 7. The maximum atomic E-state index is 4.56. The summed E-state index contributed by atoms with van der Waals surface area (Å²) in [5.41, 5.74) is 3.42. The molecule has 0 bridgehead atoms. The standard InChI is InChI=1S/C15H24N8S/c1-9-11(3)19-21-13(17-9)14(16-7-8-23(5)6)24-15-18-10(2)12(4)20-22-15/h14,16H,7-8H2,1-6H3. The summed E-state index contributed by atoms with van der Waals surface area (Å²) in [6.07, 6.45) is 0. The fraction of sp³-hybridized carbons (Fsp3) is 0.600. The van der Waals surface area contributed by atoms with E-state index in [1.54, 1.807) is 0 Å². The fourth-order valence-electron chi connectivity index (χ4n) is 1.78. The van der Waals surface area contributed by atoms with Crippen LogP contribution in [0.1, 0.15) is 34.0 Å². The van der Waals surface area contributed by atoms with E-state index in [4.69, 9.17) is 0 Å². The van der Waals surface area contributed by atoms with Crippen molar-refractivity contribution in [2.45, 2.75) is 38.2 Å². The Bertz CT molecular complexity index is 691. The van der Waals surface area contributed by atoms with Crippen molar-refractivity contribution in [2.75, 3.05) is 27.2 Å². The predicted molar refractivity (Wildman–Crippen MR) is 93.8 cm³/mol. The summed E-state index contributed by atoms with van der Waals surface area (Å²) in [5.74, 6) is 0.628. The van der Waals surface area contributed by atoms with Crippen LogP contribution in [-0.2, 0) is 0 Å². The van der Waals surface area contributed by atoms with Gasteiger partial charge in [0.05, 0.1) is 22.8 Å². The molecule has 0 aliphatic carbocycles. The number of nitrogens with one attached hydrogen (secondary N) is 1. The van der Waals surface area contributed by atoms with Crippen molar-refractivity contribution < 1.29 is 0 Å². The number of hydrogen-bond acceptors (Lipinski definition) is 9. The van der Waals surface area contributed by atoms with Crippen LogP contribution in [0.4, 0.5) is 0 Å². The molecular formula is C15H24N8S. The monoisotopic (exact) mass is 348 g/mol. The van der Waals surface area contributed by atoms with Gasteiger partial charge in [-0.25, -0.2) is 9.97 Å². The number of hydrogen-bond donors (Lipinski definition) is 1. The number of thioether (sulfide) groups is 1. The van der Waals surface area contributed by atoms with Gasteiger partial charge in [-0.05, 0) is 41.8 Å². The summed E-state index contributed by atoms with van der Waals surface area (Å²) in [6, 6.07) is 0. The molecule has 0 spiro atoms. The molecule has 2 rings (SSSR count). The highest BCUT2D eigenvalue weighted by Crippen LogP contribution is 2.28. The number of likely N-dealkylation sites (N-methyl/N-ethyl adjacent to an activating group) is 1. The lowest BCUT2D eigenvalue weighted by Gasteiger charge is -2.18. The Morgan fingerprint density at radius 1 is 0.875 bits per heavy atom. The third kappa shape index (κ3) is 5.15. The fourth-order valence-corrected chi connectivity index (χ4v) is 2.68. The lowest BCUT2D eigenvalue weighted by molar-refractivity contribution is 0.397. The molecule has 2 aromatic heterocycles. The highest BCUT2D eigenvalue weighted by molar-refractivity contribution is 7.99. The van der Waals surface area contributed by atoms with E-state index in [2.05, 4.69) is 40.6 Å². The molecule has 1 unspecified atom stereocenters. The maximum Gasteiger partial charge on any atom is 0.211 e. The number of aromatic nitrogens is 6. The van der Waals surface area contributed by atoms with Crippen LogP contribution in [-0.4, -0.2) is 62.4 Å². The summed E-state index contributed by atoms with van der Waals surface area (Å²) in [7, 11) is 4.07. The smallest absolute Gasteiger partial charge is 0.211 e. The van der Waals surface area contributed by atoms with Crippen molar-refractivity contribution in [3.05, 3.63) is 28.6 Å². The highest BCUT2D eigenvalue weighted by atomic mass is 32.2. The quantitative estimate of drug-likeness (QED) is 0.586.